The van der Waals surface area contributed by atoms with E-state index < -0.39 is 5.92 Å². The predicted molar refractivity (Wildman–Crippen MR) is 63.3 cm³/mol. The van der Waals surface area contributed by atoms with Crippen molar-refractivity contribution in [3.63, 3.8) is 0 Å². The Bertz CT molecular complexity index is 264. The molecule has 0 aromatic carbocycles. The molecule has 0 amide bonds. The molecule has 17 heavy (non-hydrogen) atoms. The Kier molecular flexibility index (Phi) is 3.74. The maximum atomic E-state index is 13.2. The molecule has 1 N–H and O–H groups in total. The van der Waals surface area contributed by atoms with Gasteiger partial charge in [-0.1, -0.05) is 0 Å². The molecule has 2 rings (SSSR count). The largest absolute Gasteiger partial charge is 0.374 e. The van der Waals surface area contributed by atoms with Gasteiger partial charge in [-0.2, -0.15) is 0 Å². The molecule has 1 heterocycles. The quantitative estimate of drug-likeness (QED) is 0.824. The summed E-state index contributed by atoms with van der Waals surface area (Å²) in [5, 5.41) is 3.27. The molecule has 1 aliphatic heterocycles. The van der Waals surface area contributed by atoms with E-state index in [0.717, 1.165) is 25.9 Å². The van der Waals surface area contributed by atoms with Crippen molar-refractivity contribution in [3.8, 4) is 0 Å². The smallest absolute Gasteiger partial charge is 0.248 e. The molecule has 0 bridgehead atoms. The molecule has 2 fully saturated rings. The zero-order valence-corrected chi connectivity index (χ0v) is 10.8. The van der Waals surface area contributed by atoms with E-state index in [1.54, 1.807) is 0 Å². The minimum Gasteiger partial charge on any atom is -0.374 e. The third-order valence-electron chi connectivity index (χ3n) is 4.41. The van der Waals surface area contributed by atoms with Crippen LogP contribution in [-0.4, -0.2) is 31.2 Å². The van der Waals surface area contributed by atoms with Crippen LogP contribution in [0, 0.1) is 5.92 Å². The van der Waals surface area contributed by atoms with Crippen molar-refractivity contribution in [2.24, 2.45) is 5.92 Å². The number of halogens is 2. The van der Waals surface area contributed by atoms with Crippen LogP contribution in [0.3, 0.4) is 0 Å². The van der Waals surface area contributed by atoms with Gasteiger partial charge in [-0.25, -0.2) is 8.78 Å². The summed E-state index contributed by atoms with van der Waals surface area (Å²) in [4.78, 5) is 0. The average molecular weight is 247 g/mol. The second-order valence-electron chi connectivity index (χ2n) is 5.81. The van der Waals surface area contributed by atoms with E-state index in [9.17, 15) is 8.78 Å². The number of hydrogen-bond donors (Lipinski definition) is 1. The Balaban J connectivity index is 1.92. The highest BCUT2D eigenvalue weighted by atomic mass is 19.3. The van der Waals surface area contributed by atoms with Crippen LogP contribution in [0.15, 0.2) is 0 Å². The molecular formula is C13H23F2NO. The first kappa shape index (κ1) is 13.2. The first-order valence-electron chi connectivity index (χ1n) is 6.64. The molecule has 4 heteroatoms. The summed E-state index contributed by atoms with van der Waals surface area (Å²) in [5.41, 5.74) is -0.160. The zero-order valence-electron chi connectivity index (χ0n) is 10.8. The van der Waals surface area contributed by atoms with Gasteiger partial charge >= 0.3 is 0 Å². The van der Waals surface area contributed by atoms with Crippen molar-refractivity contribution in [1.82, 2.24) is 5.32 Å². The van der Waals surface area contributed by atoms with Crippen molar-refractivity contribution in [1.29, 1.82) is 0 Å². The van der Waals surface area contributed by atoms with Gasteiger partial charge in [0, 0.05) is 25.5 Å². The number of likely N-dealkylation sites (N-methyl/N-ethyl adjacent to an activating group) is 1. The molecule has 1 saturated heterocycles. The summed E-state index contributed by atoms with van der Waals surface area (Å²) >= 11 is 0. The minimum absolute atomic E-state index is 0.0568. The monoisotopic (exact) mass is 247 g/mol. The van der Waals surface area contributed by atoms with Gasteiger partial charge in [0.2, 0.25) is 5.92 Å². The van der Waals surface area contributed by atoms with Crippen LogP contribution in [0.4, 0.5) is 8.78 Å². The van der Waals surface area contributed by atoms with Gasteiger partial charge in [0.1, 0.15) is 0 Å². The topological polar surface area (TPSA) is 21.3 Å². The normalized spacial score (nSPS) is 38.5. The molecule has 1 saturated carbocycles. The van der Waals surface area contributed by atoms with Crippen molar-refractivity contribution in [2.45, 2.75) is 63.0 Å². The van der Waals surface area contributed by atoms with Crippen LogP contribution < -0.4 is 5.32 Å². The van der Waals surface area contributed by atoms with Crippen LogP contribution in [-0.2, 0) is 4.74 Å². The molecule has 0 aromatic heterocycles. The van der Waals surface area contributed by atoms with E-state index in [0.29, 0.717) is 6.42 Å². The summed E-state index contributed by atoms with van der Waals surface area (Å²) in [7, 11) is 1.91. The van der Waals surface area contributed by atoms with Gasteiger partial charge in [0.25, 0.3) is 0 Å². The lowest BCUT2D eigenvalue weighted by molar-refractivity contribution is -0.0211. The lowest BCUT2D eigenvalue weighted by Gasteiger charge is -2.34. The van der Waals surface area contributed by atoms with Crippen molar-refractivity contribution < 1.29 is 13.5 Å². The van der Waals surface area contributed by atoms with Crippen LogP contribution in [0.25, 0.3) is 0 Å². The maximum absolute atomic E-state index is 13.2. The Morgan fingerprint density at radius 1 is 1.41 bits per heavy atom. The van der Waals surface area contributed by atoms with Crippen LogP contribution in [0.1, 0.15) is 45.4 Å². The second-order valence-corrected chi connectivity index (χ2v) is 5.81. The van der Waals surface area contributed by atoms with E-state index in [1.807, 2.05) is 7.05 Å². The number of rotatable bonds is 4. The average Bonchev–Trinajstić information content (AvgIpc) is 2.82. The maximum Gasteiger partial charge on any atom is 0.248 e. The van der Waals surface area contributed by atoms with Crippen molar-refractivity contribution in [2.75, 3.05) is 13.7 Å². The first-order chi connectivity index (χ1) is 7.95. The van der Waals surface area contributed by atoms with Crippen LogP contribution >= 0.6 is 0 Å². The van der Waals surface area contributed by atoms with Gasteiger partial charge < -0.3 is 10.1 Å². The first-order valence-corrected chi connectivity index (χ1v) is 6.64. The number of nitrogens with one attached hydrogen (secondary N) is 1. The van der Waals surface area contributed by atoms with Crippen molar-refractivity contribution in [3.05, 3.63) is 0 Å². The SMILES string of the molecule is CNC(CC1CCC(F)(F)C1)C1(C)CCCO1. The van der Waals surface area contributed by atoms with E-state index in [-0.39, 0.29) is 30.4 Å². The lowest BCUT2D eigenvalue weighted by atomic mass is 9.85. The fraction of sp³-hybridized carbons (Fsp3) is 1.00. The number of hydrogen-bond acceptors (Lipinski definition) is 2. The summed E-state index contributed by atoms with van der Waals surface area (Å²) in [6.45, 7) is 2.91. The Morgan fingerprint density at radius 2 is 2.18 bits per heavy atom. The highest BCUT2D eigenvalue weighted by Crippen LogP contribution is 2.42. The highest BCUT2D eigenvalue weighted by molar-refractivity contribution is 4.95. The summed E-state index contributed by atoms with van der Waals surface area (Å²) in [6.07, 6.45) is 3.69. The van der Waals surface area contributed by atoms with Gasteiger partial charge in [0.05, 0.1) is 5.60 Å². The fourth-order valence-corrected chi connectivity index (χ4v) is 3.32. The van der Waals surface area contributed by atoms with Gasteiger partial charge in [-0.05, 0) is 45.6 Å². The third-order valence-corrected chi connectivity index (χ3v) is 4.41. The van der Waals surface area contributed by atoms with E-state index in [4.69, 9.17) is 4.74 Å². The molecule has 3 atom stereocenters. The van der Waals surface area contributed by atoms with Crippen molar-refractivity contribution >= 4 is 0 Å². The van der Waals surface area contributed by atoms with Gasteiger partial charge in [-0.3, -0.25) is 0 Å². The summed E-state index contributed by atoms with van der Waals surface area (Å²) in [5.74, 6) is -2.29. The summed E-state index contributed by atoms with van der Waals surface area (Å²) < 4.78 is 32.1. The van der Waals surface area contributed by atoms with E-state index >= 15 is 0 Å². The molecule has 0 spiro atoms. The third kappa shape index (κ3) is 2.97. The zero-order chi connectivity index (χ0) is 12.5. The van der Waals surface area contributed by atoms with Gasteiger partial charge in [-0.15, -0.1) is 0 Å². The van der Waals surface area contributed by atoms with E-state index in [1.165, 1.54) is 0 Å². The number of ether oxygens (including phenoxy) is 1. The standard InChI is InChI=1S/C13H23F2NO/c1-12(5-3-7-17-12)11(16-2)8-10-4-6-13(14,15)9-10/h10-11,16H,3-9H2,1-2H3. The lowest BCUT2D eigenvalue weighted by Crippen LogP contribution is -2.48. The Labute approximate surface area is 102 Å². The molecule has 2 nitrogen and oxygen atoms in total. The Morgan fingerprint density at radius 3 is 2.65 bits per heavy atom. The molecule has 0 aromatic rings. The molecule has 100 valence electrons. The molecular weight excluding hydrogens is 224 g/mol. The molecule has 1 aliphatic carbocycles. The van der Waals surface area contributed by atoms with Crippen LogP contribution in [0.2, 0.25) is 0 Å². The molecule has 3 unspecified atom stereocenters. The number of alkyl halides is 2. The minimum atomic E-state index is -2.43. The highest BCUT2D eigenvalue weighted by Gasteiger charge is 2.44. The summed E-state index contributed by atoms with van der Waals surface area (Å²) in [6, 6.07) is 0.198. The second kappa shape index (κ2) is 4.81. The van der Waals surface area contributed by atoms with Crippen LogP contribution in [0.5, 0.6) is 0 Å². The fourth-order valence-electron chi connectivity index (χ4n) is 3.32. The molecule has 2 aliphatic rings. The van der Waals surface area contributed by atoms with E-state index in [2.05, 4.69) is 12.2 Å². The molecule has 0 radical (unpaired) electrons. The Hall–Kier alpha value is -0.220. The predicted octanol–water partition coefficient (Wildman–Crippen LogP) is 2.97. The van der Waals surface area contributed by atoms with Gasteiger partial charge in [0.15, 0.2) is 0 Å².